The number of rotatable bonds is 3. The van der Waals surface area contributed by atoms with Crippen LogP contribution >= 0.6 is 0 Å². The van der Waals surface area contributed by atoms with Gasteiger partial charge in [0, 0.05) is 0 Å². The summed E-state index contributed by atoms with van der Waals surface area (Å²) < 4.78 is 5.19. The molecule has 0 aliphatic heterocycles. The minimum atomic E-state index is 0.0733. The molecule has 0 aliphatic rings. The Morgan fingerprint density at radius 3 is 2.50 bits per heavy atom. The maximum Gasteiger partial charge on any atom is 0.126 e. The number of ether oxygens (including phenoxy) is 1. The Bertz CT molecular complexity index is 249. The number of aliphatic hydroxyl groups is 1. The Morgan fingerprint density at radius 2 is 2.00 bits per heavy atom. The van der Waals surface area contributed by atoms with Crippen molar-refractivity contribution in [2.75, 3.05) is 0 Å². The summed E-state index contributed by atoms with van der Waals surface area (Å²) in [5.74, 6) is 0.783. The van der Waals surface area contributed by atoms with E-state index in [4.69, 9.17) is 9.84 Å². The summed E-state index contributed by atoms with van der Waals surface area (Å²) in [7, 11) is 0. The lowest BCUT2D eigenvalue weighted by Gasteiger charge is -2.00. The zero-order valence-electron chi connectivity index (χ0n) is 7.03. The fourth-order valence-corrected chi connectivity index (χ4v) is 0.820. The molecule has 1 aromatic carbocycles. The van der Waals surface area contributed by atoms with Crippen molar-refractivity contribution in [3.8, 4) is 5.75 Å². The van der Waals surface area contributed by atoms with Gasteiger partial charge < -0.3 is 9.84 Å². The number of benzene rings is 1. The van der Waals surface area contributed by atoms with Crippen molar-refractivity contribution in [2.45, 2.75) is 13.5 Å². The van der Waals surface area contributed by atoms with Crippen LogP contribution in [0.2, 0.25) is 0 Å². The standard InChI is InChI=1S/C10H12O2/c1-2-7-12-10-5-3-9(8-11)4-6-10/h2-7,11H,8H2,1H3/b7-2+. The van der Waals surface area contributed by atoms with Crippen molar-refractivity contribution in [1.29, 1.82) is 0 Å². The molecule has 2 nitrogen and oxygen atoms in total. The summed E-state index contributed by atoms with van der Waals surface area (Å²) in [5, 5.41) is 8.75. The van der Waals surface area contributed by atoms with Crippen LogP contribution in [-0.4, -0.2) is 5.11 Å². The second-order valence-electron chi connectivity index (χ2n) is 2.39. The Kier molecular flexibility index (Phi) is 3.35. The molecule has 0 aliphatic carbocycles. The van der Waals surface area contributed by atoms with E-state index in [1.54, 1.807) is 6.26 Å². The Balaban J connectivity index is 2.64. The topological polar surface area (TPSA) is 29.5 Å². The molecule has 0 spiro atoms. The zero-order valence-corrected chi connectivity index (χ0v) is 7.03. The third kappa shape index (κ3) is 2.40. The van der Waals surface area contributed by atoms with E-state index in [1.165, 1.54) is 0 Å². The fraction of sp³-hybridized carbons (Fsp3) is 0.200. The lowest BCUT2D eigenvalue weighted by Crippen LogP contribution is -1.84. The van der Waals surface area contributed by atoms with Gasteiger partial charge in [0.25, 0.3) is 0 Å². The molecular weight excluding hydrogens is 152 g/mol. The molecule has 0 bridgehead atoms. The Morgan fingerprint density at radius 1 is 1.33 bits per heavy atom. The molecule has 1 N–H and O–H groups in total. The van der Waals surface area contributed by atoms with Gasteiger partial charge in [-0.15, -0.1) is 0 Å². The summed E-state index contributed by atoms with van der Waals surface area (Å²) >= 11 is 0. The van der Waals surface area contributed by atoms with Gasteiger partial charge in [0.2, 0.25) is 0 Å². The second-order valence-corrected chi connectivity index (χ2v) is 2.39. The molecule has 64 valence electrons. The molecule has 0 saturated carbocycles. The highest BCUT2D eigenvalue weighted by atomic mass is 16.5. The molecule has 0 heterocycles. The summed E-state index contributed by atoms with van der Waals surface area (Å²) in [6.45, 7) is 1.96. The summed E-state index contributed by atoms with van der Waals surface area (Å²) in [6, 6.07) is 7.31. The average Bonchev–Trinajstić information content (AvgIpc) is 2.15. The lowest BCUT2D eigenvalue weighted by molar-refractivity contribution is 0.281. The van der Waals surface area contributed by atoms with Gasteiger partial charge in [0.05, 0.1) is 12.9 Å². The van der Waals surface area contributed by atoms with Gasteiger partial charge in [-0.25, -0.2) is 0 Å². The first-order valence-electron chi connectivity index (χ1n) is 3.84. The number of hydrogen-bond donors (Lipinski definition) is 1. The van der Waals surface area contributed by atoms with Gasteiger partial charge in [0.1, 0.15) is 5.75 Å². The molecule has 0 saturated heterocycles. The number of hydrogen-bond acceptors (Lipinski definition) is 2. The second kappa shape index (κ2) is 4.57. The van der Waals surface area contributed by atoms with Crippen LogP contribution in [0.1, 0.15) is 12.5 Å². The highest BCUT2D eigenvalue weighted by molar-refractivity contribution is 5.27. The predicted molar refractivity (Wildman–Crippen MR) is 47.8 cm³/mol. The van der Waals surface area contributed by atoms with E-state index in [-0.39, 0.29) is 6.61 Å². The minimum absolute atomic E-state index is 0.0733. The van der Waals surface area contributed by atoms with Gasteiger partial charge in [-0.2, -0.15) is 0 Å². The molecule has 0 amide bonds. The summed E-state index contributed by atoms with van der Waals surface area (Å²) in [6.07, 6.45) is 3.44. The van der Waals surface area contributed by atoms with Gasteiger partial charge in [0.15, 0.2) is 0 Å². The van der Waals surface area contributed by atoms with Gasteiger partial charge >= 0.3 is 0 Å². The van der Waals surface area contributed by atoms with Crippen molar-refractivity contribution in [3.05, 3.63) is 42.2 Å². The van der Waals surface area contributed by atoms with Gasteiger partial charge in [-0.1, -0.05) is 18.2 Å². The van der Waals surface area contributed by atoms with E-state index in [1.807, 2.05) is 37.3 Å². The molecule has 0 atom stereocenters. The highest BCUT2D eigenvalue weighted by Gasteiger charge is 1.91. The number of allylic oxidation sites excluding steroid dienone is 1. The maximum absolute atomic E-state index is 8.75. The highest BCUT2D eigenvalue weighted by Crippen LogP contribution is 2.11. The van der Waals surface area contributed by atoms with Crippen LogP contribution in [0.3, 0.4) is 0 Å². The van der Waals surface area contributed by atoms with Crippen molar-refractivity contribution >= 4 is 0 Å². The first kappa shape index (κ1) is 8.81. The van der Waals surface area contributed by atoms with Crippen molar-refractivity contribution < 1.29 is 9.84 Å². The van der Waals surface area contributed by atoms with E-state index in [2.05, 4.69) is 0 Å². The third-order valence-electron chi connectivity index (χ3n) is 1.45. The maximum atomic E-state index is 8.75. The van der Waals surface area contributed by atoms with E-state index in [9.17, 15) is 0 Å². The van der Waals surface area contributed by atoms with Crippen LogP contribution in [0.25, 0.3) is 0 Å². The zero-order chi connectivity index (χ0) is 8.81. The molecule has 12 heavy (non-hydrogen) atoms. The molecule has 0 aromatic heterocycles. The van der Waals surface area contributed by atoms with E-state index < -0.39 is 0 Å². The van der Waals surface area contributed by atoms with Crippen LogP contribution < -0.4 is 4.74 Å². The summed E-state index contributed by atoms with van der Waals surface area (Å²) in [5.41, 5.74) is 0.892. The quantitative estimate of drug-likeness (QED) is 0.693. The first-order chi connectivity index (χ1) is 5.86. The number of aliphatic hydroxyl groups excluding tert-OH is 1. The monoisotopic (exact) mass is 164 g/mol. The lowest BCUT2D eigenvalue weighted by atomic mass is 10.2. The van der Waals surface area contributed by atoms with E-state index in [0.717, 1.165) is 11.3 Å². The Labute approximate surface area is 72.1 Å². The van der Waals surface area contributed by atoms with E-state index in [0.29, 0.717) is 0 Å². The van der Waals surface area contributed by atoms with Crippen LogP contribution in [0.5, 0.6) is 5.75 Å². The minimum Gasteiger partial charge on any atom is -0.465 e. The first-order valence-corrected chi connectivity index (χ1v) is 3.84. The molecule has 0 unspecified atom stereocenters. The molecule has 1 rings (SSSR count). The Hall–Kier alpha value is -1.28. The van der Waals surface area contributed by atoms with Crippen LogP contribution in [-0.2, 0) is 6.61 Å². The molecule has 0 fully saturated rings. The SMILES string of the molecule is C/C=C/Oc1ccc(CO)cc1. The van der Waals surface area contributed by atoms with Gasteiger partial charge in [-0.05, 0) is 24.6 Å². The average molecular weight is 164 g/mol. The predicted octanol–water partition coefficient (Wildman–Crippen LogP) is 2.09. The van der Waals surface area contributed by atoms with Crippen molar-refractivity contribution in [3.63, 3.8) is 0 Å². The third-order valence-corrected chi connectivity index (χ3v) is 1.45. The molecule has 1 aromatic rings. The summed E-state index contributed by atoms with van der Waals surface area (Å²) in [4.78, 5) is 0. The van der Waals surface area contributed by atoms with Crippen LogP contribution in [0, 0.1) is 0 Å². The van der Waals surface area contributed by atoms with Gasteiger partial charge in [-0.3, -0.25) is 0 Å². The van der Waals surface area contributed by atoms with Crippen LogP contribution in [0.15, 0.2) is 36.6 Å². The molecule has 0 radical (unpaired) electrons. The largest absolute Gasteiger partial charge is 0.465 e. The normalized spacial score (nSPS) is 10.5. The molecular formula is C10H12O2. The molecule has 2 heteroatoms. The van der Waals surface area contributed by atoms with Crippen LogP contribution in [0.4, 0.5) is 0 Å². The van der Waals surface area contributed by atoms with E-state index >= 15 is 0 Å². The van der Waals surface area contributed by atoms with Crippen molar-refractivity contribution in [2.24, 2.45) is 0 Å². The fourth-order valence-electron chi connectivity index (χ4n) is 0.820. The smallest absolute Gasteiger partial charge is 0.126 e. The van der Waals surface area contributed by atoms with Crippen molar-refractivity contribution in [1.82, 2.24) is 0 Å².